The smallest absolute Gasteiger partial charge is 0.223 e. The fourth-order valence-corrected chi connectivity index (χ4v) is 5.69. The van der Waals surface area contributed by atoms with Gasteiger partial charge in [0.1, 0.15) is 0 Å². The van der Waals surface area contributed by atoms with Gasteiger partial charge in [-0.05, 0) is 45.7 Å². The molecule has 0 radical (unpaired) electrons. The zero-order valence-electron chi connectivity index (χ0n) is 22.1. The number of carbonyl (C=O) groups is 1. The number of nitrogens with one attached hydrogen (secondary N) is 1. The SMILES string of the molecule is C=C(F)CCC(=O)N1CCn2nc(CN(C)CCNC)c(C3CCC(COC)(COC)CC3)c2C1. The number of methoxy groups -OCH3 is 2. The van der Waals surface area contributed by atoms with Crippen molar-refractivity contribution in [1.82, 2.24) is 24.9 Å². The van der Waals surface area contributed by atoms with Crippen LogP contribution in [0.3, 0.4) is 0 Å². The summed E-state index contributed by atoms with van der Waals surface area (Å²) in [7, 11) is 7.62. The van der Waals surface area contributed by atoms with Crippen LogP contribution in [0, 0.1) is 5.41 Å². The number of carbonyl (C=O) groups excluding carboxylic acids is 1. The predicted octanol–water partition coefficient (Wildman–Crippen LogP) is 3.08. The van der Waals surface area contributed by atoms with Crippen LogP contribution in [0.15, 0.2) is 12.4 Å². The highest BCUT2D eigenvalue weighted by Gasteiger charge is 2.39. The average Bonchev–Trinajstić information content (AvgIpc) is 3.19. The van der Waals surface area contributed by atoms with E-state index in [4.69, 9.17) is 14.6 Å². The molecule has 1 aliphatic heterocycles. The number of hydrogen-bond acceptors (Lipinski definition) is 6. The molecule has 1 saturated carbocycles. The maximum absolute atomic E-state index is 13.2. The van der Waals surface area contributed by atoms with Crippen LogP contribution >= 0.6 is 0 Å². The summed E-state index contributed by atoms with van der Waals surface area (Å²) in [5, 5.41) is 8.26. The molecular formula is C26H44FN5O3. The number of halogens is 1. The molecule has 198 valence electrons. The van der Waals surface area contributed by atoms with E-state index in [9.17, 15) is 9.18 Å². The Morgan fingerprint density at radius 3 is 2.51 bits per heavy atom. The van der Waals surface area contributed by atoms with Crippen LogP contribution in [0.5, 0.6) is 0 Å². The number of ether oxygens (including phenoxy) is 2. The van der Waals surface area contributed by atoms with Crippen molar-refractivity contribution in [3.05, 3.63) is 29.4 Å². The third-order valence-electron chi connectivity index (χ3n) is 7.58. The minimum absolute atomic E-state index is 0.0160. The zero-order valence-corrected chi connectivity index (χ0v) is 22.1. The lowest BCUT2D eigenvalue weighted by molar-refractivity contribution is -0.132. The van der Waals surface area contributed by atoms with Crippen LogP contribution in [0.2, 0.25) is 0 Å². The zero-order chi connectivity index (χ0) is 25.4. The monoisotopic (exact) mass is 493 g/mol. The highest BCUT2D eigenvalue weighted by molar-refractivity contribution is 5.76. The highest BCUT2D eigenvalue weighted by atomic mass is 19.1. The van der Waals surface area contributed by atoms with Gasteiger partial charge < -0.3 is 19.7 Å². The summed E-state index contributed by atoms with van der Waals surface area (Å²) in [6.07, 6.45) is 4.44. The van der Waals surface area contributed by atoms with Gasteiger partial charge in [0.15, 0.2) is 0 Å². The van der Waals surface area contributed by atoms with Gasteiger partial charge >= 0.3 is 0 Å². The Hall–Kier alpha value is -1.81. The maximum atomic E-state index is 13.2. The number of aromatic nitrogens is 2. The van der Waals surface area contributed by atoms with Crippen molar-refractivity contribution in [2.45, 2.75) is 64.1 Å². The minimum atomic E-state index is -0.439. The van der Waals surface area contributed by atoms with Crippen LogP contribution in [0.25, 0.3) is 0 Å². The molecule has 1 aromatic heterocycles. The summed E-state index contributed by atoms with van der Waals surface area (Å²) in [6.45, 7) is 9.17. The fraction of sp³-hybridized carbons (Fsp3) is 0.769. The lowest BCUT2D eigenvalue weighted by atomic mass is 9.69. The van der Waals surface area contributed by atoms with Gasteiger partial charge in [0.05, 0.1) is 43.5 Å². The molecule has 0 saturated heterocycles. The second-order valence-corrected chi connectivity index (χ2v) is 10.3. The van der Waals surface area contributed by atoms with Crippen LogP contribution in [-0.4, -0.2) is 86.7 Å². The Labute approximate surface area is 209 Å². The lowest BCUT2D eigenvalue weighted by Gasteiger charge is -2.40. The maximum Gasteiger partial charge on any atom is 0.223 e. The number of allylic oxidation sites excluding steroid dienone is 1. The Kier molecular flexibility index (Phi) is 10.3. The Balaban J connectivity index is 1.83. The van der Waals surface area contributed by atoms with E-state index in [1.165, 1.54) is 5.56 Å². The quantitative estimate of drug-likeness (QED) is 0.455. The van der Waals surface area contributed by atoms with Crippen molar-refractivity contribution < 1.29 is 18.7 Å². The second kappa shape index (κ2) is 12.9. The molecule has 1 N–H and O–H groups in total. The lowest BCUT2D eigenvalue weighted by Crippen LogP contribution is -2.39. The first kappa shape index (κ1) is 27.8. The molecule has 0 spiro atoms. The van der Waals surface area contributed by atoms with Gasteiger partial charge in [0.25, 0.3) is 0 Å². The van der Waals surface area contributed by atoms with Crippen molar-refractivity contribution in [3.63, 3.8) is 0 Å². The summed E-state index contributed by atoms with van der Waals surface area (Å²) < 4.78 is 26.4. The molecule has 0 unspecified atom stereocenters. The van der Waals surface area contributed by atoms with Gasteiger partial charge in [-0.2, -0.15) is 5.10 Å². The number of nitrogens with zero attached hydrogens (tertiary/aromatic N) is 4. The number of hydrogen-bond donors (Lipinski definition) is 1. The van der Waals surface area contributed by atoms with Gasteiger partial charge in [0.2, 0.25) is 5.91 Å². The third-order valence-corrected chi connectivity index (χ3v) is 7.58. The van der Waals surface area contributed by atoms with Crippen molar-refractivity contribution in [3.8, 4) is 0 Å². The fourth-order valence-electron chi connectivity index (χ4n) is 5.69. The molecule has 9 heteroatoms. The Bertz CT molecular complexity index is 842. The van der Waals surface area contributed by atoms with Crippen molar-refractivity contribution >= 4 is 5.91 Å². The van der Waals surface area contributed by atoms with E-state index >= 15 is 0 Å². The van der Waals surface area contributed by atoms with E-state index < -0.39 is 5.83 Å². The van der Waals surface area contributed by atoms with Crippen LogP contribution in [0.1, 0.15) is 61.4 Å². The molecule has 1 fully saturated rings. The van der Waals surface area contributed by atoms with E-state index in [1.54, 1.807) is 14.2 Å². The van der Waals surface area contributed by atoms with Crippen LogP contribution in [-0.2, 0) is 33.9 Å². The molecule has 0 bridgehead atoms. The average molecular weight is 494 g/mol. The summed E-state index contributed by atoms with van der Waals surface area (Å²) in [6, 6.07) is 0. The van der Waals surface area contributed by atoms with Gasteiger partial charge in [-0.3, -0.25) is 14.4 Å². The van der Waals surface area contributed by atoms with Gasteiger partial charge in [-0.1, -0.05) is 6.58 Å². The van der Waals surface area contributed by atoms with Gasteiger partial charge in [-0.15, -0.1) is 0 Å². The third kappa shape index (κ3) is 7.12. The first-order chi connectivity index (χ1) is 16.8. The number of fused-ring (bicyclic) bond motifs is 1. The van der Waals surface area contributed by atoms with Crippen molar-refractivity contribution in [2.75, 3.05) is 61.2 Å². The molecule has 2 heterocycles. The number of likely N-dealkylation sites (N-methyl/N-ethyl adjacent to an activating group) is 2. The van der Waals surface area contributed by atoms with Crippen LogP contribution in [0.4, 0.5) is 4.39 Å². The van der Waals surface area contributed by atoms with Crippen molar-refractivity contribution in [2.24, 2.45) is 5.41 Å². The first-order valence-corrected chi connectivity index (χ1v) is 12.8. The van der Waals surface area contributed by atoms with E-state index in [0.717, 1.165) is 56.7 Å². The standard InChI is InChI=1S/C26H44FN5O3/c1-20(27)6-7-24(33)31-14-15-32-23(17-31)25(22(29-32)16-30(3)13-12-28-2)21-8-10-26(11-9-21,18-34-4)19-35-5/h21,28H,1,6-19H2,2-5H3. The summed E-state index contributed by atoms with van der Waals surface area (Å²) >= 11 is 0. The van der Waals surface area contributed by atoms with Gasteiger partial charge in [0, 0.05) is 64.2 Å². The second-order valence-electron chi connectivity index (χ2n) is 10.3. The molecule has 0 atom stereocenters. The number of amides is 1. The van der Waals surface area contributed by atoms with E-state index in [0.29, 0.717) is 38.8 Å². The van der Waals surface area contributed by atoms with Crippen LogP contribution < -0.4 is 5.32 Å². The molecule has 1 amide bonds. The molecular weight excluding hydrogens is 449 g/mol. The minimum Gasteiger partial charge on any atom is -0.384 e. The molecule has 35 heavy (non-hydrogen) atoms. The molecule has 1 aromatic rings. The first-order valence-electron chi connectivity index (χ1n) is 12.8. The van der Waals surface area contributed by atoms with E-state index in [2.05, 4.69) is 28.5 Å². The topological polar surface area (TPSA) is 71.9 Å². The number of rotatable bonds is 13. The molecule has 1 aliphatic carbocycles. The highest BCUT2D eigenvalue weighted by Crippen LogP contribution is 2.45. The molecule has 3 rings (SSSR count). The Morgan fingerprint density at radius 1 is 1.23 bits per heavy atom. The summed E-state index contributed by atoms with van der Waals surface area (Å²) in [5.41, 5.74) is 3.66. The largest absolute Gasteiger partial charge is 0.384 e. The summed E-state index contributed by atoms with van der Waals surface area (Å²) in [5.74, 6) is -0.0579. The molecule has 8 nitrogen and oxygen atoms in total. The van der Waals surface area contributed by atoms with Crippen molar-refractivity contribution in [1.29, 1.82) is 0 Å². The molecule has 2 aliphatic rings. The normalized spacial score (nSPS) is 18.2. The predicted molar refractivity (Wildman–Crippen MR) is 135 cm³/mol. The Morgan fingerprint density at radius 2 is 1.91 bits per heavy atom. The molecule has 0 aromatic carbocycles. The van der Waals surface area contributed by atoms with E-state index in [-0.39, 0.29) is 24.2 Å². The summed E-state index contributed by atoms with van der Waals surface area (Å²) in [4.78, 5) is 16.9. The van der Waals surface area contributed by atoms with Gasteiger partial charge in [-0.25, -0.2) is 4.39 Å². The van der Waals surface area contributed by atoms with E-state index in [1.807, 2.05) is 11.9 Å².